The molecule has 1 amide bonds. The van der Waals surface area contributed by atoms with E-state index in [1.54, 1.807) is 20.8 Å². The van der Waals surface area contributed by atoms with E-state index in [1.165, 1.54) is 0 Å². The summed E-state index contributed by atoms with van der Waals surface area (Å²) in [5.41, 5.74) is 10.9. The van der Waals surface area contributed by atoms with Crippen LogP contribution in [0.5, 0.6) is 0 Å². The molecular weight excluding hydrogens is 514 g/mol. The van der Waals surface area contributed by atoms with Gasteiger partial charge in [0.1, 0.15) is 22.5 Å². The molecule has 2 heterocycles. The van der Waals surface area contributed by atoms with Crippen molar-refractivity contribution in [1.82, 2.24) is 14.7 Å². The van der Waals surface area contributed by atoms with Crippen molar-refractivity contribution in [1.29, 1.82) is 0 Å². The number of nitrogens with zero attached hydrogens (tertiary/aromatic N) is 3. The number of anilines is 1. The van der Waals surface area contributed by atoms with Gasteiger partial charge in [-0.1, -0.05) is 67.5 Å². The number of rotatable bonds is 11. The number of aromatic nitrogens is 3. The fourth-order valence-corrected chi connectivity index (χ4v) is 5.83. The van der Waals surface area contributed by atoms with Crippen molar-refractivity contribution in [3.05, 3.63) is 88.2 Å². The quantitative estimate of drug-likeness (QED) is 0.260. The first-order valence-corrected chi connectivity index (χ1v) is 14.6. The highest BCUT2D eigenvalue weighted by Gasteiger charge is 2.27. The van der Waals surface area contributed by atoms with Crippen molar-refractivity contribution in [2.24, 2.45) is 5.73 Å². The number of sulfonamides is 1. The normalized spacial score (nSPS) is 12.4. The molecule has 0 saturated carbocycles. The minimum atomic E-state index is -3.80. The molecule has 1 unspecified atom stereocenters. The lowest BCUT2D eigenvalue weighted by molar-refractivity contribution is 0.0990. The number of primary amides is 1. The van der Waals surface area contributed by atoms with Gasteiger partial charge in [0.05, 0.1) is 5.69 Å². The largest absolute Gasteiger partial charge is 0.364 e. The first-order chi connectivity index (χ1) is 18.6. The summed E-state index contributed by atoms with van der Waals surface area (Å²) in [6, 6.07) is 15.3. The SMILES string of the molecule is CCCc1nc(CC)c(C(N)=O)n1Cc1ccc(-c2ccccc2C(C)S(=O)(=O)Nc2noc(C)c2C)cc1. The van der Waals surface area contributed by atoms with Gasteiger partial charge in [0, 0.05) is 18.5 Å². The van der Waals surface area contributed by atoms with E-state index in [0.29, 0.717) is 35.5 Å². The van der Waals surface area contributed by atoms with Gasteiger partial charge < -0.3 is 14.8 Å². The first-order valence-electron chi connectivity index (χ1n) is 13.1. The summed E-state index contributed by atoms with van der Waals surface area (Å²) in [5, 5.41) is 2.99. The Kier molecular flexibility index (Phi) is 8.25. The molecule has 1 atom stereocenters. The standard InChI is InChI=1S/C29H35N5O4S/c1-6-10-26-31-25(7-2)27(28(30)35)34(26)17-21-13-15-22(16-14-21)24-12-9-8-11-23(24)20(5)39(36,37)33-29-18(3)19(4)38-32-29/h8-9,11-16,20H,6-7,10,17H2,1-5H3,(H2,30,35)(H,32,33). The molecule has 206 valence electrons. The molecule has 9 nitrogen and oxygen atoms in total. The average Bonchev–Trinajstić information content (AvgIpc) is 3.43. The van der Waals surface area contributed by atoms with E-state index in [2.05, 4.69) is 21.8 Å². The van der Waals surface area contributed by atoms with E-state index in [1.807, 2.05) is 60.0 Å². The van der Waals surface area contributed by atoms with Crippen molar-refractivity contribution >= 4 is 21.7 Å². The minimum absolute atomic E-state index is 0.199. The average molecular weight is 550 g/mol. The van der Waals surface area contributed by atoms with E-state index in [-0.39, 0.29) is 5.82 Å². The Morgan fingerprint density at radius 1 is 1.10 bits per heavy atom. The summed E-state index contributed by atoms with van der Waals surface area (Å²) in [7, 11) is -3.80. The Morgan fingerprint density at radius 2 is 1.79 bits per heavy atom. The molecule has 0 bridgehead atoms. The van der Waals surface area contributed by atoms with Crippen LogP contribution in [-0.4, -0.2) is 29.0 Å². The predicted octanol–water partition coefficient (Wildman–Crippen LogP) is 5.32. The van der Waals surface area contributed by atoms with Crippen molar-refractivity contribution in [2.45, 2.75) is 65.7 Å². The molecule has 2 aromatic heterocycles. The van der Waals surface area contributed by atoms with E-state index in [4.69, 9.17) is 10.3 Å². The molecule has 0 aliphatic heterocycles. The molecule has 3 N–H and O–H groups in total. The summed E-state index contributed by atoms with van der Waals surface area (Å²) in [6.45, 7) is 9.65. The zero-order valence-electron chi connectivity index (χ0n) is 23.0. The summed E-state index contributed by atoms with van der Waals surface area (Å²) >= 11 is 0. The van der Waals surface area contributed by atoms with Crippen molar-refractivity contribution < 1.29 is 17.7 Å². The lowest BCUT2D eigenvalue weighted by atomic mass is 9.97. The molecule has 0 radical (unpaired) electrons. The smallest absolute Gasteiger partial charge is 0.267 e. The van der Waals surface area contributed by atoms with Crippen molar-refractivity contribution in [2.75, 3.05) is 4.72 Å². The maximum absolute atomic E-state index is 13.3. The van der Waals surface area contributed by atoms with Gasteiger partial charge >= 0.3 is 0 Å². The monoisotopic (exact) mass is 549 g/mol. The van der Waals surface area contributed by atoms with Gasteiger partial charge in [-0.15, -0.1) is 0 Å². The second kappa shape index (κ2) is 11.4. The second-order valence-corrected chi connectivity index (χ2v) is 11.7. The maximum Gasteiger partial charge on any atom is 0.267 e. The third-order valence-electron chi connectivity index (χ3n) is 7.03. The zero-order chi connectivity index (χ0) is 28.3. The Labute approximate surface area is 229 Å². The Balaban J connectivity index is 1.63. The van der Waals surface area contributed by atoms with Crippen molar-refractivity contribution in [3.8, 4) is 11.1 Å². The van der Waals surface area contributed by atoms with Crippen LogP contribution in [-0.2, 0) is 29.4 Å². The Bertz CT molecular complexity index is 1590. The first kappa shape index (κ1) is 28.1. The van der Waals surface area contributed by atoms with E-state index in [9.17, 15) is 13.2 Å². The number of benzene rings is 2. The number of carbonyl (C=O) groups excluding carboxylic acids is 1. The summed E-state index contributed by atoms with van der Waals surface area (Å²) in [5.74, 6) is 1.13. The number of hydrogen-bond acceptors (Lipinski definition) is 6. The second-order valence-electron chi connectivity index (χ2n) is 9.66. The van der Waals surface area contributed by atoms with Crippen LogP contribution >= 0.6 is 0 Å². The van der Waals surface area contributed by atoms with E-state index >= 15 is 0 Å². The van der Waals surface area contributed by atoms with Crippen LogP contribution in [0.25, 0.3) is 11.1 Å². The molecular formula is C29H35N5O4S. The number of amides is 1. The number of nitrogens with one attached hydrogen (secondary N) is 1. The number of hydrogen-bond donors (Lipinski definition) is 2. The molecule has 0 aliphatic carbocycles. The topological polar surface area (TPSA) is 133 Å². The highest BCUT2D eigenvalue weighted by Crippen LogP contribution is 2.34. The predicted molar refractivity (Wildman–Crippen MR) is 152 cm³/mol. The van der Waals surface area contributed by atoms with Gasteiger partial charge in [0.2, 0.25) is 10.0 Å². The van der Waals surface area contributed by atoms with Crippen LogP contribution < -0.4 is 10.5 Å². The van der Waals surface area contributed by atoms with Crippen LogP contribution in [0.1, 0.15) is 76.9 Å². The van der Waals surface area contributed by atoms with Crippen LogP contribution in [0, 0.1) is 13.8 Å². The van der Waals surface area contributed by atoms with E-state index in [0.717, 1.165) is 41.1 Å². The lowest BCUT2D eigenvalue weighted by Crippen LogP contribution is -2.20. The van der Waals surface area contributed by atoms with Gasteiger partial charge in [-0.25, -0.2) is 13.4 Å². The molecule has 4 rings (SSSR count). The number of aryl methyl sites for hydroxylation is 3. The molecule has 10 heteroatoms. The molecule has 2 aromatic carbocycles. The highest BCUT2D eigenvalue weighted by atomic mass is 32.2. The summed E-state index contributed by atoms with van der Waals surface area (Å²) < 4.78 is 36.1. The summed E-state index contributed by atoms with van der Waals surface area (Å²) in [6.07, 6.45) is 2.28. The van der Waals surface area contributed by atoms with E-state index < -0.39 is 21.2 Å². The third kappa shape index (κ3) is 5.75. The van der Waals surface area contributed by atoms with Crippen LogP contribution in [0.4, 0.5) is 5.82 Å². The van der Waals surface area contributed by atoms with Crippen molar-refractivity contribution in [3.63, 3.8) is 0 Å². The Morgan fingerprint density at radius 3 is 2.38 bits per heavy atom. The number of imidazole rings is 1. The fourth-order valence-electron chi connectivity index (χ4n) is 4.65. The van der Waals surface area contributed by atoms with Gasteiger partial charge in [-0.05, 0) is 55.9 Å². The maximum atomic E-state index is 13.3. The summed E-state index contributed by atoms with van der Waals surface area (Å²) in [4.78, 5) is 16.9. The molecule has 0 aliphatic rings. The van der Waals surface area contributed by atoms with Gasteiger partial charge in [0.25, 0.3) is 5.91 Å². The fraction of sp³-hybridized carbons (Fsp3) is 0.345. The zero-order valence-corrected chi connectivity index (χ0v) is 23.8. The van der Waals surface area contributed by atoms with Crippen LogP contribution in [0.15, 0.2) is 53.1 Å². The molecule has 0 saturated heterocycles. The highest BCUT2D eigenvalue weighted by molar-refractivity contribution is 7.92. The van der Waals surface area contributed by atoms with Gasteiger partial charge in [-0.3, -0.25) is 9.52 Å². The number of carbonyl (C=O) groups is 1. The Hall–Kier alpha value is -3.92. The van der Waals surface area contributed by atoms with Crippen LogP contribution in [0.3, 0.4) is 0 Å². The van der Waals surface area contributed by atoms with Gasteiger partial charge in [0.15, 0.2) is 5.82 Å². The van der Waals surface area contributed by atoms with Gasteiger partial charge in [-0.2, -0.15) is 0 Å². The molecule has 4 aromatic rings. The molecule has 0 spiro atoms. The van der Waals surface area contributed by atoms with Crippen LogP contribution in [0.2, 0.25) is 0 Å². The molecule has 0 fully saturated rings. The lowest BCUT2D eigenvalue weighted by Gasteiger charge is -2.18. The molecule has 39 heavy (non-hydrogen) atoms. The third-order valence-corrected chi connectivity index (χ3v) is 8.69. The minimum Gasteiger partial charge on any atom is -0.364 e. The number of nitrogens with two attached hydrogens (primary N) is 1.